The molecule has 1 amide bonds. The highest BCUT2D eigenvalue weighted by atomic mass is 32.1. The summed E-state index contributed by atoms with van der Waals surface area (Å²) in [6.45, 7) is 3.11. The molecule has 0 aliphatic rings. The van der Waals surface area contributed by atoms with Crippen LogP contribution in [-0.4, -0.2) is 27.8 Å². The Hall–Kier alpha value is -3.06. The van der Waals surface area contributed by atoms with Crippen molar-refractivity contribution in [2.75, 3.05) is 5.32 Å². The number of nitrogens with one attached hydrogen (secondary N) is 1. The van der Waals surface area contributed by atoms with E-state index in [4.69, 9.17) is 0 Å². The number of hydrogen-bond donors (Lipinski definition) is 2. The molecule has 0 aliphatic heterocycles. The molecule has 3 aromatic rings. The molecule has 0 radical (unpaired) electrons. The van der Waals surface area contributed by atoms with E-state index in [1.165, 1.54) is 13.0 Å². The fourth-order valence-corrected chi connectivity index (χ4v) is 3.49. The van der Waals surface area contributed by atoms with Gasteiger partial charge in [0.15, 0.2) is 10.9 Å². The number of carboxylic acid groups (broad SMARTS) is 1. The maximum atomic E-state index is 12.6. The van der Waals surface area contributed by atoms with E-state index in [-0.39, 0.29) is 22.0 Å². The number of carboxylic acids is 1. The number of carbonyl (C=O) groups is 3. The quantitative estimate of drug-likeness (QED) is 0.696. The van der Waals surface area contributed by atoms with Crippen LogP contribution in [0.5, 0.6) is 0 Å². The third-order valence-electron chi connectivity index (χ3n) is 3.72. The van der Waals surface area contributed by atoms with Crippen molar-refractivity contribution in [3.05, 3.63) is 58.1 Å². The Kier molecular flexibility index (Phi) is 4.33. The first kappa shape index (κ1) is 16.8. The molecule has 0 aliphatic carbocycles. The van der Waals surface area contributed by atoms with E-state index in [0.29, 0.717) is 16.0 Å². The van der Waals surface area contributed by atoms with Crippen molar-refractivity contribution in [3.63, 3.8) is 0 Å². The summed E-state index contributed by atoms with van der Waals surface area (Å²) >= 11 is 1.07. The zero-order valence-electron chi connectivity index (χ0n) is 13.5. The molecule has 0 fully saturated rings. The topological polar surface area (TPSA) is 96.4 Å². The summed E-state index contributed by atoms with van der Waals surface area (Å²) in [7, 11) is 0. The molecule has 0 bridgehead atoms. The van der Waals surface area contributed by atoms with E-state index >= 15 is 0 Å². The molecule has 7 heteroatoms. The monoisotopic (exact) mass is 354 g/mol. The molecule has 1 aromatic heterocycles. The van der Waals surface area contributed by atoms with E-state index in [1.54, 1.807) is 37.3 Å². The van der Waals surface area contributed by atoms with Crippen LogP contribution in [0.15, 0.2) is 36.4 Å². The summed E-state index contributed by atoms with van der Waals surface area (Å²) in [6.07, 6.45) is 0. The van der Waals surface area contributed by atoms with Gasteiger partial charge in [0, 0.05) is 6.92 Å². The Morgan fingerprint density at radius 3 is 2.48 bits per heavy atom. The second kappa shape index (κ2) is 6.45. The van der Waals surface area contributed by atoms with Gasteiger partial charge in [-0.05, 0) is 23.8 Å². The molecule has 0 spiro atoms. The average molecular weight is 354 g/mol. The lowest BCUT2D eigenvalue weighted by Gasteiger charge is -2.09. The minimum absolute atomic E-state index is 0.0448. The molecular weight excluding hydrogens is 340 g/mol. The zero-order valence-corrected chi connectivity index (χ0v) is 14.3. The minimum Gasteiger partial charge on any atom is -0.478 e. The fraction of sp³-hybridized carbons (Fsp3) is 0.111. The van der Waals surface area contributed by atoms with E-state index in [2.05, 4.69) is 10.3 Å². The number of anilines is 1. The van der Waals surface area contributed by atoms with Gasteiger partial charge in [0.2, 0.25) is 0 Å². The summed E-state index contributed by atoms with van der Waals surface area (Å²) in [5.74, 6) is -1.89. The van der Waals surface area contributed by atoms with Crippen molar-refractivity contribution in [1.29, 1.82) is 0 Å². The second-order valence-electron chi connectivity index (χ2n) is 5.46. The molecule has 3 rings (SSSR count). The Labute approximate surface area is 147 Å². The van der Waals surface area contributed by atoms with Crippen LogP contribution in [0.2, 0.25) is 0 Å². The summed E-state index contributed by atoms with van der Waals surface area (Å²) in [5, 5.41) is 13.6. The van der Waals surface area contributed by atoms with Crippen LogP contribution in [0, 0.1) is 6.92 Å². The predicted octanol–water partition coefficient (Wildman–Crippen LogP) is 3.76. The zero-order chi connectivity index (χ0) is 18.1. The van der Waals surface area contributed by atoms with Crippen LogP contribution < -0.4 is 5.32 Å². The number of Topliss-reactive ketones (excluding diaryl/α,β-unsaturated/α-hetero) is 1. The number of benzene rings is 2. The van der Waals surface area contributed by atoms with Crippen molar-refractivity contribution in [3.8, 4) is 0 Å². The molecule has 126 valence electrons. The van der Waals surface area contributed by atoms with E-state index in [9.17, 15) is 19.5 Å². The molecule has 0 unspecified atom stereocenters. The number of thiazole rings is 1. The number of fused-ring (bicyclic) bond motifs is 1. The Morgan fingerprint density at radius 1 is 1.12 bits per heavy atom. The highest BCUT2D eigenvalue weighted by molar-refractivity contribution is 7.17. The van der Waals surface area contributed by atoms with Gasteiger partial charge in [0.05, 0.1) is 21.7 Å². The van der Waals surface area contributed by atoms with Crippen LogP contribution in [0.3, 0.4) is 0 Å². The van der Waals surface area contributed by atoms with Crippen molar-refractivity contribution >= 4 is 44.9 Å². The van der Waals surface area contributed by atoms with Crippen molar-refractivity contribution in [1.82, 2.24) is 4.98 Å². The van der Waals surface area contributed by atoms with Crippen LogP contribution >= 0.6 is 11.3 Å². The molecular formula is C18H14N2O4S. The molecule has 2 aromatic carbocycles. The highest BCUT2D eigenvalue weighted by Crippen LogP contribution is 2.26. The van der Waals surface area contributed by atoms with Gasteiger partial charge in [-0.15, -0.1) is 0 Å². The van der Waals surface area contributed by atoms with Crippen molar-refractivity contribution in [2.45, 2.75) is 13.8 Å². The van der Waals surface area contributed by atoms with Gasteiger partial charge < -0.3 is 5.11 Å². The number of aryl methyl sites for hydroxylation is 1. The molecule has 0 atom stereocenters. The van der Waals surface area contributed by atoms with Crippen molar-refractivity contribution in [2.24, 2.45) is 0 Å². The van der Waals surface area contributed by atoms with Crippen LogP contribution in [0.1, 0.15) is 43.0 Å². The van der Waals surface area contributed by atoms with E-state index in [0.717, 1.165) is 16.7 Å². The SMILES string of the molecule is CC(=O)c1sc(NC(=O)c2ccc3ccccc3c2C(=O)O)nc1C. The number of carbonyl (C=O) groups excluding carboxylic acids is 2. The summed E-state index contributed by atoms with van der Waals surface area (Å²) in [5.41, 5.74) is 0.517. The van der Waals surface area contributed by atoms with E-state index < -0.39 is 11.9 Å². The van der Waals surface area contributed by atoms with Gasteiger partial charge >= 0.3 is 5.97 Å². The Bertz CT molecular complexity index is 1020. The molecule has 0 saturated heterocycles. The van der Waals surface area contributed by atoms with Gasteiger partial charge in [0.1, 0.15) is 0 Å². The molecule has 1 heterocycles. The van der Waals surface area contributed by atoms with E-state index in [1.807, 2.05) is 0 Å². The van der Waals surface area contributed by atoms with Gasteiger partial charge in [-0.25, -0.2) is 9.78 Å². The molecule has 25 heavy (non-hydrogen) atoms. The third-order valence-corrected chi connectivity index (χ3v) is 4.90. The second-order valence-corrected chi connectivity index (χ2v) is 6.46. The first-order valence-corrected chi connectivity index (χ1v) is 8.25. The third kappa shape index (κ3) is 3.14. The summed E-state index contributed by atoms with van der Waals surface area (Å²) in [4.78, 5) is 40.4. The normalized spacial score (nSPS) is 10.6. The predicted molar refractivity (Wildman–Crippen MR) is 95.7 cm³/mol. The number of aromatic carboxylic acids is 1. The molecule has 6 nitrogen and oxygen atoms in total. The average Bonchev–Trinajstić information content (AvgIpc) is 2.94. The Balaban J connectivity index is 2.02. The first-order valence-electron chi connectivity index (χ1n) is 7.43. The summed E-state index contributed by atoms with van der Waals surface area (Å²) < 4.78 is 0. The summed E-state index contributed by atoms with van der Waals surface area (Å²) in [6, 6.07) is 10.1. The maximum Gasteiger partial charge on any atom is 0.337 e. The van der Waals surface area contributed by atoms with Gasteiger partial charge in [-0.3, -0.25) is 14.9 Å². The van der Waals surface area contributed by atoms with Crippen LogP contribution in [-0.2, 0) is 0 Å². The molecule has 0 saturated carbocycles. The lowest BCUT2D eigenvalue weighted by molar-refractivity contribution is 0.0694. The number of amides is 1. The largest absolute Gasteiger partial charge is 0.478 e. The highest BCUT2D eigenvalue weighted by Gasteiger charge is 2.21. The minimum atomic E-state index is -1.18. The first-order chi connectivity index (χ1) is 11.9. The van der Waals surface area contributed by atoms with Gasteiger partial charge in [-0.1, -0.05) is 41.7 Å². The number of aromatic nitrogens is 1. The lowest BCUT2D eigenvalue weighted by Crippen LogP contribution is -2.16. The fourth-order valence-electron chi connectivity index (χ4n) is 2.63. The van der Waals surface area contributed by atoms with Gasteiger partial charge in [0.25, 0.3) is 5.91 Å². The number of rotatable bonds is 4. The number of ketones is 1. The molecule has 2 N–H and O–H groups in total. The number of nitrogens with zero attached hydrogens (tertiary/aromatic N) is 1. The smallest absolute Gasteiger partial charge is 0.337 e. The number of hydrogen-bond acceptors (Lipinski definition) is 5. The Morgan fingerprint density at radius 2 is 1.84 bits per heavy atom. The maximum absolute atomic E-state index is 12.6. The lowest BCUT2D eigenvalue weighted by atomic mass is 9.98. The standard InChI is InChI=1S/C18H14N2O4S/c1-9-15(10(2)21)25-18(19-9)20-16(22)13-8-7-11-5-3-4-6-12(11)14(13)17(23)24/h3-8H,1-2H3,(H,23,24)(H,19,20,22). The van der Waals surface area contributed by atoms with Crippen LogP contribution in [0.4, 0.5) is 5.13 Å². The van der Waals surface area contributed by atoms with Crippen LogP contribution in [0.25, 0.3) is 10.8 Å². The van der Waals surface area contributed by atoms with Crippen molar-refractivity contribution < 1.29 is 19.5 Å². The van der Waals surface area contributed by atoms with Gasteiger partial charge in [-0.2, -0.15) is 0 Å².